The highest BCUT2D eigenvalue weighted by Gasteiger charge is 2.12. The Morgan fingerprint density at radius 1 is 1.31 bits per heavy atom. The van der Waals surface area contributed by atoms with Crippen molar-refractivity contribution in [2.45, 2.75) is 13.0 Å². The second-order valence-electron chi connectivity index (χ2n) is 3.24. The maximum Gasteiger partial charge on any atom is 0.335 e. The van der Waals surface area contributed by atoms with Crippen LogP contribution in [-0.2, 0) is 4.79 Å². The van der Waals surface area contributed by atoms with Crippen LogP contribution in [0.1, 0.15) is 17.3 Å². The van der Waals surface area contributed by atoms with E-state index in [1.165, 1.54) is 13.0 Å². The smallest absolute Gasteiger partial charge is 0.335 e. The Labute approximate surface area is 90.5 Å². The number of carboxylic acid groups (broad SMARTS) is 2. The second-order valence-corrected chi connectivity index (χ2v) is 3.24. The molecule has 0 amide bonds. The third-order valence-electron chi connectivity index (χ3n) is 1.90. The van der Waals surface area contributed by atoms with Crippen LogP contribution in [0.5, 0.6) is 0 Å². The average Bonchev–Trinajstić information content (AvgIpc) is 2.16. The predicted molar refractivity (Wildman–Crippen MR) is 54.1 cm³/mol. The van der Waals surface area contributed by atoms with Gasteiger partial charge >= 0.3 is 11.9 Å². The molecule has 16 heavy (non-hydrogen) atoms. The highest BCUT2D eigenvalue weighted by Crippen LogP contribution is 2.15. The van der Waals surface area contributed by atoms with E-state index in [9.17, 15) is 14.0 Å². The van der Waals surface area contributed by atoms with Crippen molar-refractivity contribution in [1.82, 2.24) is 0 Å². The summed E-state index contributed by atoms with van der Waals surface area (Å²) < 4.78 is 13.0. The van der Waals surface area contributed by atoms with Crippen molar-refractivity contribution in [3.63, 3.8) is 0 Å². The Kier molecular flexibility index (Phi) is 3.44. The molecule has 0 fully saturated rings. The molecule has 3 N–H and O–H groups in total. The Hall–Kier alpha value is -2.11. The second kappa shape index (κ2) is 4.61. The minimum atomic E-state index is -1.27. The molecule has 0 aliphatic heterocycles. The summed E-state index contributed by atoms with van der Waals surface area (Å²) in [4.78, 5) is 21.1. The monoisotopic (exact) mass is 227 g/mol. The number of rotatable bonds is 4. The summed E-state index contributed by atoms with van der Waals surface area (Å²) in [5.74, 6) is -3.12. The molecule has 6 heteroatoms. The fraction of sp³-hybridized carbons (Fsp3) is 0.200. The lowest BCUT2D eigenvalue weighted by Gasteiger charge is -2.11. The van der Waals surface area contributed by atoms with Crippen LogP contribution in [0, 0.1) is 5.82 Å². The maximum atomic E-state index is 13.0. The van der Waals surface area contributed by atoms with Crippen molar-refractivity contribution in [3.8, 4) is 0 Å². The predicted octanol–water partition coefficient (Wildman–Crippen LogP) is 1.41. The van der Waals surface area contributed by atoms with Gasteiger partial charge in [-0.15, -0.1) is 0 Å². The van der Waals surface area contributed by atoms with Crippen molar-refractivity contribution < 1.29 is 24.2 Å². The molecule has 5 nitrogen and oxygen atoms in total. The molecule has 0 heterocycles. The zero-order valence-electron chi connectivity index (χ0n) is 8.40. The van der Waals surface area contributed by atoms with Crippen LogP contribution >= 0.6 is 0 Å². The van der Waals surface area contributed by atoms with E-state index in [2.05, 4.69) is 5.32 Å². The summed E-state index contributed by atoms with van der Waals surface area (Å²) in [7, 11) is 0. The fourth-order valence-corrected chi connectivity index (χ4v) is 1.11. The number of anilines is 1. The Bertz CT molecular complexity index is 433. The van der Waals surface area contributed by atoms with Crippen molar-refractivity contribution in [2.24, 2.45) is 0 Å². The number of carboxylic acids is 2. The number of benzene rings is 1. The van der Waals surface area contributed by atoms with Gasteiger partial charge in [0.25, 0.3) is 0 Å². The first kappa shape index (κ1) is 12.0. The maximum absolute atomic E-state index is 13.0. The molecule has 0 aromatic heterocycles. The van der Waals surface area contributed by atoms with Gasteiger partial charge in [-0.1, -0.05) is 0 Å². The SMILES string of the molecule is CC(Nc1cc(F)cc(C(=O)O)c1)C(=O)O. The molecule has 0 aliphatic carbocycles. The van der Waals surface area contributed by atoms with E-state index < -0.39 is 23.8 Å². The summed E-state index contributed by atoms with van der Waals surface area (Å²) >= 11 is 0. The molecule has 1 aromatic carbocycles. The van der Waals surface area contributed by atoms with Crippen LogP contribution in [0.4, 0.5) is 10.1 Å². The van der Waals surface area contributed by atoms with Gasteiger partial charge in [0.05, 0.1) is 5.56 Å². The molecule has 1 rings (SSSR count). The molecule has 0 saturated carbocycles. The van der Waals surface area contributed by atoms with Crippen LogP contribution in [0.3, 0.4) is 0 Å². The van der Waals surface area contributed by atoms with Gasteiger partial charge in [0, 0.05) is 5.69 Å². The molecule has 0 aliphatic rings. The van der Waals surface area contributed by atoms with Gasteiger partial charge in [0.1, 0.15) is 11.9 Å². The molecular formula is C10H10FNO4. The summed E-state index contributed by atoms with van der Waals surface area (Å²) in [6, 6.07) is 2.14. The lowest BCUT2D eigenvalue weighted by molar-refractivity contribution is -0.137. The average molecular weight is 227 g/mol. The van der Waals surface area contributed by atoms with Crippen LogP contribution in [0.15, 0.2) is 18.2 Å². The first-order valence-corrected chi connectivity index (χ1v) is 4.43. The molecule has 1 atom stereocenters. The quantitative estimate of drug-likeness (QED) is 0.723. The minimum absolute atomic E-state index is 0.118. The summed E-state index contributed by atoms with van der Waals surface area (Å²) in [6.07, 6.45) is 0. The normalized spacial score (nSPS) is 11.9. The van der Waals surface area contributed by atoms with Crippen LogP contribution in [0.2, 0.25) is 0 Å². The molecule has 0 radical (unpaired) electrons. The molecule has 1 aromatic rings. The van der Waals surface area contributed by atoms with Crippen molar-refractivity contribution >= 4 is 17.6 Å². The lowest BCUT2D eigenvalue weighted by Crippen LogP contribution is -2.25. The largest absolute Gasteiger partial charge is 0.480 e. The summed E-state index contributed by atoms with van der Waals surface area (Å²) in [5.41, 5.74) is -0.118. The third kappa shape index (κ3) is 2.94. The van der Waals surface area contributed by atoms with E-state index in [1.54, 1.807) is 0 Å². The highest BCUT2D eigenvalue weighted by molar-refractivity contribution is 5.89. The number of hydrogen-bond acceptors (Lipinski definition) is 3. The zero-order valence-corrected chi connectivity index (χ0v) is 8.40. The summed E-state index contributed by atoms with van der Waals surface area (Å²) in [6.45, 7) is 1.37. The molecule has 0 bridgehead atoms. The minimum Gasteiger partial charge on any atom is -0.480 e. The highest BCUT2D eigenvalue weighted by atomic mass is 19.1. The Balaban J connectivity index is 2.97. The van der Waals surface area contributed by atoms with E-state index in [1.807, 2.05) is 0 Å². The van der Waals surface area contributed by atoms with Gasteiger partial charge in [0.2, 0.25) is 0 Å². The van der Waals surface area contributed by atoms with E-state index >= 15 is 0 Å². The standard InChI is InChI=1S/C10H10FNO4/c1-5(9(13)14)12-8-3-6(10(15)16)2-7(11)4-8/h2-5,12H,1H3,(H,13,14)(H,15,16). The lowest BCUT2D eigenvalue weighted by atomic mass is 10.2. The van der Waals surface area contributed by atoms with Gasteiger partial charge in [-0.25, -0.2) is 9.18 Å². The van der Waals surface area contributed by atoms with Gasteiger partial charge in [-0.05, 0) is 25.1 Å². The van der Waals surface area contributed by atoms with E-state index in [4.69, 9.17) is 10.2 Å². The van der Waals surface area contributed by atoms with E-state index in [0.29, 0.717) is 0 Å². The van der Waals surface area contributed by atoms with Gasteiger partial charge < -0.3 is 15.5 Å². The number of carbonyl (C=O) groups is 2. The van der Waals surface area contributed by atoms with Crippen LogP contribution < -0.4 is 5.32 Å². The van der Waals surface area contributed by atoms with Crippen molar-refractivity contribution in [1.29, 1.82) is 0 Å². The first-order valence-electron chi connectivity index (χ1n) is 4.43. The number of aliphatic carboxylic acids is 1. The number of aromatic carboxylic acids is 1. The number of hydrogen-bond donors (Lipinski definition) is 3. The van der Waals surface area contributed by atoms with Crippen LogP contribution in [0.25, 0.3) is 0 Å². The Morgan fingerprint density at radius 2 is 1.94 bits per heavy atom. The molecule has 1 unspecified atom stereocenters. The third-order valence-corrected chi connectivity index (χ3v) is 1.90. The topological polar surface area (TPSA) is 86.6 Å². The number of nitrogens with one attached hydrogen (secondary N) is 1. The van der Waals surface area contributed by atoms with Crippen molar-refractivity contribution in [3.05, 3.63) is 29.6 Å². The van der Waals surface area contributed by atoms with Crippen molar-refractivity contribution in [2.75, 3.05) is 5.32 Å². The molecular weight excluding hydrogens is 217 g/mol. The molecule has 0 spiro atoms. The van der Waals surface area contributed by atoms with Gasteiger partial charge in [-0.3, -0.25) is 4.79 Å². The molecule has 0 saturated heterocycles. The van der Waals surface area contributed by atoms with Crippen LogP contribution in [-0.4, -0.2) is 28.2 Å². The van der Waals surface area contributed by atoms with Gasteiger partial charge in [-0.2, -0.15) is 0 Å². The fourth-order valence-electron chi connectivity index (χ4n) is 1.11. The Morgan fingerprint density at radius 3 is 2.44 bits per heavy atom. The van der Waals surface area contributed by atoms with Gasteiger partial charge in [0.15, 0.2) is 0 Å². The first-order chi connectivity index (χ1) is 7.40. The number of halogens is 1. The van der Waals surface area contributed by atoms with E-state index in [0.717, 1.165) is 12.1 Å². The van der Waals surface area contributed by atoms with E-state index in [-0.39, 0.29) is 11.3 Å². The zero-order chi connectivity index (χ0) is 12.3. The summed E-state index contributed by atoms with van der Waals surface area (Å²) in [5, 5.41) is 19.8. The molecule has 86 valence electrons.